The number of phenols is 1. The maximum atomic E-state index is 9.49. The van der Waals surface area contributed by atoms with E-state index < -0.39 is 0 Å². The molecule has 0 fully saturated rings. The number of aromatic hydroxyl groups is 1. The lowest BCUT2D eigenvalue weighted by Gasteiger charge is -2.18. The highest BCUT2D eigenvalue weighted by Crippen LogP contribution is 2.34. The van der Waals surface area contributed by atoms with Crippen molar-refractivity contribution in [2.24, 2.45) is 0 Å². The Bertz CT molecular complexity index is 646. The van der Waals surface area contributed by atoms with Gasteiger partial charge in [-0.25, -0.2) is 0 Å². The van der Waals surface area contributed by atoms with E-state index in [9.17, 15) is 5.11 Å². The topological polar surface area (TPSA) is 32.3 Å². The molecule has 2 nitrogen and oxygen atoms in total. The summed E-state index contributed by atoms with van der Waals surface area (Å²) in [7, 11) is 0. The van der Waals surface area contributed by atoms with Crippen LogP contribution >= 0.6 is 34.3 Å². The molecule has 3 aromatic rings. The van der Waals surface area contributed by atoms with Crippen LogP contribution in [-0.4, -0.2) is 5.11 Å². The van der Waals surface area contributed by atoms with E-state index in [1.807, 2.05) is 18.2 Å². The van der Waals surface area contributed by atoms with Crippen molar-refractivity contribution in [3.63, 3.8) is 0 Å². The number of phenolic OH excluding ortho intramolecular Hbond substituents is 1. The van der Waals surface area contributed by atoms with Crippen LogP contribution in [0.15, 0.2) is 53.2 Å². The molecule has 0 saturated heterocycles. The first-order chi connectivity index (χ1) is 9.74. The van der Waals surface area contributed by atoms with Crippen molar-refractivity contribution < 1.29 is 5.11 Å². The van der Waals surface area contributed by atoms with E-state index in [1.54, 1.807) is 34.8 Å². The molecule has 0 amide bonds. The van der Waals surface area contributed by atoms with Gasteiger partial charge in [-0.15, -0.1) is 22.7 Å². The SMILES string of the molecule is Oc1ccc(NC(c2cccs2)c2cccs2)cc1Cl. The molecule has 0 radical (unpaired) electrons. The molecule has 20 heavy (non-hydrogen) atoms. The zero-order valence-electron chi connectivity index (χ0n) is 10.4. The molecule has 0 atom stereocenters. The largest absolute Gasteiger partial charge is 0.506 e. The summed E-state index contributed by atoms with van der Waals surface area (Å²) in [6.45, 7) is 0. The second-order valence-electron chi connectivity index (χ2n) is 4.27. The van der Waals surface area contributed by atoms with Gasteiger partial charge in [0.25, 0.3) is 0 Å². The van der Waals surface area contributed by atoms with Gasteiger partial charge in [-0.2, -0.15) is 0 Å². The highest BCUT2D eigenvalue weighted by atomic mass is 35.5. The summed E-state index contributed by atoms with van der Waals surface area (Å²) in [5.74, 6) is 0.0982. The van der Waals surface area contributed by atoms with E-state index in [2.05, 4.69) is 28.2 Å². The highest BCUT2D eigenvalue weighted by Gasteiger charge is 2.16. The van der Waals surface area contributed by atoms with Crippen molar-refractivity contribution in [3.8, 4) is 5.75 Å². The molecule has 0 aliphatic carbocycles. The molecule has 1 aromatic carbocycles. The minimum Gasteiger partial charge on any atom is -0.506 e. The van der Waals surface area contributed by atoms with Gasteiger partial charge < -0.3 is 10.4 Å². The molecule has 2 aromatic heterocycles. The zero-order valence-corrected chi connectivity index (χ0v) is 12.8. The Morgan fingerprint density at radius 1 is 1.00 bits per heavy atom. The average Bonchev–Trinajstić information content (AvgIpc) is 3.12. The number of anilines is 1. The second-order valence-corrected chi connectivity index (χ2v) is 6.64. The summed E-state index contributed by atoms with van der Waals surface area (Å²) in [4.78, 5) is 2.49. The standard InChI is InChI=1S/C15H12ClNOS2/c16-11-9-10(5-6-12(11)18)17-15(13-3-1-7-19-13)14-4-2-8-20-14/h1-9,15,17-18H. The lowest BCUT2D eigenvalue weighted by Crippen LogP contribution is -2.09. The first-order valence-corrected chi connectivity index (χ1v) is 8.19. The van der Waals surface area contributed by atoms with Crippen molar-refractivity contribution in [3.05, 3.63) is 68.0 Å². The number of benzene rings is 1. The lowest BCUT2D eigenvalue weighted by atomic mass is 10.2. The van der Waals surface area contributed by atoms with Gasteiger partial charge in [0.15, 0.2) is 0 Å². The number of thiophene rings is 2. The Hall–Kier alpha value is -1.49. The molecule has 2 heterocycles. The van der Waals surface area contributed by atoms with Crippen molar-refractivity contribution in [1.82, 2.24) is 0 Å². The molecule has 2 N–H and O–H groups in total. The number of hydrogen-bond donors (Lipinski definition) is 2. The van der Waals surface area contributed by atoms with Crippen LogP contribution in [0.4, 0.5) is 5.69 Å². The van der Waals surface area contributed by atoms with Crippen molar-refractivity contribution in [2.75, 3.05) is 5.32 Å². The molecule has 0 aliphatic rings. The van der Waals surface area contributed by atoms with Crippen LogP contribution in [0, 0.1) is 0 Å². The van der Waals surface area contributed by atoms with Gasteiger partial charge in [0.05, 0.1) is 11.1 Å². The number of halogens is 1. The molecule has 0 saturated carbocycles. The van der Waals surface area contributed by atoms with Crippen LogP contribution in [0.2, 0.25) is 5.02 Å². The highest BCUT2D eigenvalue weighted by molar-refractivity contribution is 7.11. The Morgan fingerprint density at radius 2 is 1.65 bits per heavy atom. The predicted octanol–water partition coefficient (Wildman–Crippen LogP) is 5.37. The molecule has 5 heteroatoms. The summed E-state index contributed by atoms with van der Waals surface area (Å²) in [6.07, 6.45) is 0. The first kappa shape index (κ1) is 13.5. The fourth-order valence-electron chi connectivity index (χ4n) is 1.96. The number of nitrogens with one attached hydrogen (secondary N) is 1. The van der Waals surface area contributed by atoms with Crippen molar-refractivity contribution in [2.45, 2.75) is 6.04 Å². The first-order valence-electron chi connectivity index (χ1n) is 6.06. The van der Waals surface area contributed by atoms with Gasteiger partial charge in [-0.3, -0.25) is 0 Å². The van der Waals surface area contributed by atoms with E-state index in [0.29, 0.717) is 5.02 Å². The van der Waals surface area contributed by atoms with Crippen LogP contribution in [0.1, 0.15) is 15.8 Å². The normalized spacial score (nSPS) is 10.9. The predicted molar refractivity (Wildman–Crippen MR) is 87.2 cm³/mol. The monoisotopic (exact) mass is 321 g/mol. The third kappa shape index (κ3) is 2.82. The Kier molecular flexibility index (Phi) is 3.96. The lowest BCUT2D eigenvalue weighted by molar-refractivity contribution is 0.475. The molecular formula is C15H12ClNOS2. The number of hydrogen-bond acceptors (Lipinski definition) is 4. The molecule has 0 bridgehead atoms. The molecule has 0 spiro atoms. The third-order valence-electron chi connectivity index (χ3n) is 2.91. The zero-order chi connectivity index (χ0) is 13.9. The Balaban J connectivity index is 1.92. The molecule has 0 aliphatic heterocycles. The van der Waals surface area contributed by atoms with Crippen LogP contribution in [0.3, 0.4) is 0 Å². The summed E-state index contributed by atoms with van der Waals surface area (Å²) >= 11 is 9.40. The second kappa shape index (κ2) is 5.87. The summed E-state index contributed by atoms with van der Waals surface area (Å²) in [5, 5.41) is 17.5. The van der Waals surface area contributed by atoms with Crippen LogP contribution < -0.4 is 5.32 Å². The van der Waals surface area contributed by atoms with Crippen molar-refractivity contribution in [1.29, 1.82) is 0 Å². The third-order valence-corrected chi connectivity index (χ3v) is 5.09. The maximum absolute atomic E-state index is 9.49. The van der Waals surface area contributed by atoms with E-state index in [-0.39, 0.29) is 11.8 Å². The Morgan fingerprint density at radius 3 is 2.15 bits per heavy atom. The molecular weight excluding hydrogens is 310 g/mol. The van der Waals surface area contributed by atoms with Gasteiger partial charge in [0.2, 0.25) is 0 Å². The maximum Gasteiger partial charge on any atom is 0.134 e. The van der Waals surface area contributed by atoms with Gasteiger partial charge in [0, 0.05) is 15.4 Å². The summed E-state index contributed by atoms with van der Waals surface area (Å²) < 4.78 is 0. The van der Waals surface area contributed by atoms with Gasteiger partial charge in [0.1, 0.15) is 5.75 Å². The molecule has 102 valence electrons. The van der Waals surface area contributed by atoms with Crippen molar-refractivity contribution >= 4 is 40.0 Å². The quantitative estimate of drug-likeness (QED) is 0.633. The van der Waals surface area contributed by atoms with E-state index in [1.165, 1.54) is 9.75 Å². The fraction of sp³-hybridized carbons (Fsp3) is 0.0667. The number of rotatable bonds is 4. The minimum atomic E-state index is 0.0982. The molecule has 3 rings (SSSR count). The summed E-state index contributed by atoms with van der Waals surface area (Å²) in [5.41, 5.74) is 0.889. The fourth-order valence-corrected chi connectivity index (χ4v) is 3.80. The van der Waals surface area contributed by atoms with Crippen LogP contribution in [-0.2, 0) is 0 Å². The smallest absolute Gasteiger partial charge is 0.134 e. The van der Waals surface area contributed by atoms with Crippen LogP contribution in [0.25, 0.3) is 0 Å². The van der Waals surface area contributed by atoms with Gasteiger partial charge in [-0.1, -0.05) is 23.7 Å². The van der Waals surface area contributed by atoms with E-state index in [0.717, 1.165) is 5.69 Å². The summed E-state index contributed by atoms with van der Waals surface area (Å²) in [6, 6.07) is 13.6. The van der Waals surface area contributed by atoms with E-state index >= 15 is 0 Å². The van der Waals surface area contributed by atoms with Gasteiger partial charge in [-0.05, 0) is 41.1 Å². The van der Waals surface area contributed by atoms with E-state index in [4.69, 9.17) is 11.6 Å². The Labute approximate surface area is 130 Å². The molecule has 0 unspecified atom stereocenters. The average molecular weight is 322 g/mol. The minimum absolute atomic E-state index is 0.0982. The van der Waals surface area contributed by atoms with Gasteiger partial charge >= 0.3 is 0 Å². The van der Waals surface area contributed by atoms with Crippen LogP contribution in [0.5, 0.6) is 5.75 Å².